The first-order valence-electron chi connectivity index (χ1n) is 18.3. The highest BCUT2D eigenvalue weighted by Gasteiger charge is 2.59. The van der Waals surface area contributed by atoms with Crippen LogP contribution in [0.25, 0.3) is 0 Å². The van der Waals surface area contributed by atoms with E-state index >= 15 is 0 Å². The summed E-state index contributed by atoms with van der Waals surface area (Å²) >= 11 is 0. The first-order chi connectivity index (χ1) is 22.3. The number of aromatic hydroxyl groups is 1. The third kappa shape index (κ3) is 7.89. The summed E-state index contributed by atoms with van der Waals surface area (Å²) in [5.41, 5.74) is 0.677. The van der Waals surface area contributed by atoms with Gasteiger partial charge in [0, 0.05) is 5.41 Å². The molecule has 264 valence electrons. The normalized spacial score (nSPS) is 26.6. The van der Waals surface area contributed by atoms with Gasteiger partial charge in [0.15, 0.2) is 6.61 Å². The van der Waals surface area contributed by atoms with Crippen molar-refractivity contribution in [2.45, 2.75) is 142 Å². The third-order valence-corrected chi connectivity index (χ3v) is 12.3. The Morgan fingerprint density at radius 1 is 0.792 bits per heavy atom. The van der Waals surface area contributed by atoms with E-state index in [4.69, 9.17) is 14.2 Å². The van der Waals surface area contributed by atoms with Crippen LogP contribution in [0.4, 0.5) is 0 Å². The van der Waals surface area contributed by atoms with Crippen molar-refractivity contribution in [1.29, 1.82) is 0 Å². The zero-order valence-electron chi connectivity index (χ0n) is 31.0. The van der Waals surface area contributed by atoms with Gasteiger partial charge < -0.3 is 19.3 Å². The van der Waals surface area contributed by atoms with Crippen LogP contribution in [0.3, 0.4) is 0 Å². The maximum Gasteiger partial charge on any atom is 0.344 e. The molecule has 6 heteroatoms. The van der Waals surface area contributed by atoms with Gasteiger partial charge in [-0.25, -0.2) is 4.79 Å². The van der Waals surface area contributed by atoms with E-state index in [2.05, 4.69) is 46.8 Å². The predicted octanol–water partition coefficient (Wildman–Crippen LogP) is 9.69. The number of ether oxygens (including phenoxy) is 3. The average molecular weight is 661 g/mol. The monoisotopic (exact) mass is 660 g/mol. The van der Waals surface area contributed by atoms with Crippen LogP contribution >= 0.6 is 0 Å². The fourth-order valence-electron chi connectivity index (χ4n) is 9.98. The van der Waals surface area contributed by atoms with Gasteiger partial charge in [-0.3, -0.25) is 4.79 Å². The van der Waals surface area contributed by atoms with Gasteiger partial charge in [0.25, 0.3) is 0 Å². The Morgan fingerprint density at radius 3 is 1.79 bits per heavy atom. The number of carbonyl (C=O) groups is 2. The van der Waals surface area contributed by atoms with Crippen LogP contribution < -0.4 is 4.74 Å². The lowest BCUT2D eigenvalue weighted by atomic mass is 9.46. The molecular weight excluding hydrogens is 600 g/mol. The van der Waals surface area contributed by atoms with Crippen LogP contribution in [0.5, 0.6) is 11.5 Å². The molecule has 4 saturated carbocycles. The van der Waals surface area contributed by atoms with Crippen LogP contribution in [0, 0.1) is 29.1 Å². The third-order valence-electron chi connectivity index (χ3n) is 12.3. The molecule has 6 rings (SSSR count). The Balaban J connectivity index is 1.36. The SMILES string of the molecule is CCC(C)(CC(C)(CC(C)C(=O)OC(C)(C)C12CC3CC(CC(C3)C1)C2)c1ccc(OCC(=O)OC(C)(C)C)cc1)c1ccc(O)cc1. The van der Waals surface area contributed by atoms with Crippen LogP contribution in [-0.4, -0.2) is 34.9 Å². The quantitative estimate of drug-likeness (QED) is 0.216. The molecule has 48 heavy (non-hydrogen) atoms. The average Bonchev–Trinajstić information content (AvgIpc) is 2.98. The van der Waals surface area contributed by atoms with E-state index in [1.165, 1.54) is 38.5 Å². The zero-order chi connectivity index (χ0) is 35.1. The topological polar surface area (TPSA) is 82.1 Å². The number of hydrogen-bond acceptors (Lipinski definition) is 6. The van der Waals surface area contributed by atoms with Crippen molar-refractivity contribution in [2.75, 3.05) is 6.61 Å². The highest BCUT2D eigenvalue weighted by atomic mass is 16.6. The fourth-order valence-corrected chi connectivity index (χ4v) is 9.98. The molecule has 4 aliphatic carbocycles. The number of hydrogen-bond donors (Lipinski definition) is 1. The lowest BCUT2D eigenvalue weighted by Crippen LogP contribution is -2.57. The Hall–Kier alpha value is -3.02. The number of carbonyl (C=O) groups excluding carboxylic acids is 2. The molecule has 0 heterocycles. The van der Waals surface area contributed by atoms with E-state index in [9.17, 15) is 14.7 Å². The molecule has 6 nitrogen and oxygen atoms in total. The van der Waals surface area contributed by atoms with Gasteiger partial charge in [-0.05, 0) is 156 Å². The van der Waals surface area contributed by atoms with Gasteiger partial charge in [0.2, 0.25) is 0 Å². The molecule has 0 aromatic heterocycles. The van der Waals surface area contributed by atoms with Crippen LogP contribution in [0.1, 0.15) is 131 Å². The summed E-state index contributed by atoms with van der Waals surface area (Å²) in [6.45, 7) is 18.5. The molecule has 0 saturated heterocycles. The van der Waals surface area contributed by atoms with E-state index in [0.29, 0.717) is 12.2 Å². The van der Waals surface area contributed by atoms with E-state index in [-0.39, 0.29) is 35.1 Å². The van der Waals surface area contributed by atoms with Crippen molar-refractivity contribution >= 4 is 11.9 Å². The molecular formula is C42H60O6. The standard InChI is InChI=1S/C42H60O6/c1-10-40(8,32-11-15-34(43)16-12-32)27-41(9,33-13-17-35(18-14-33)46-26-36(44)47-38(3,4)5)22-28(2)37(45)48-39(6,7)42-23-29-19-30(24-42)21-31(20-29)25-42/h11-18,28-31,43H,10,19-27H2,1-9H3. The van der Waals surface area contributed by atoms with Crippen molar-refractivity contribution in [3.63, 3.8) is 0 Å². The zero-order valence-corrected chi connectivity index (χ0v) is 31.0. The van der Waals surface area contributed by atoms with Gasteiger partial charge in [0.05, 0.1) is 5.92 Å². The number of phenols is 1. The minimum absolute atomic E-state index is 0.0925. The Labute approximate surface area is 289 Å². The summed E-state index contributed by atoms with van der Waals surface area (Å²) < 4.78 is 17.8. The Morgan fingerprint density at radius 2 is 1.29 bits per heavy atom. The summed E-state index contributed by atoms with van der Waals surface area (Å²) in [7, 11) is 0. The molecule has 4 bridgehead atoms. The molecule has 4 aliphatic rings. The molecule has 0 spiro atoms. The second-order valence-corrected chi connectivity index (χ2v) is 17.8. The molecule has 1 N–H and O–H groups in total. The second kappa shape index (κ2) is 13.4. The van der Waals surface area contributed by atoms with Crippen LogP contribution in [0.2, 0.25) is 0 Å². The molecule has 3 unspecified atom stereocenters. The van der Waals surface area contributed by atoms with E-state index in [0.717, 1.165) is 41.7 Å². The van der Waals surface area contributed by atoms with Crippen LogP contribution in [-0.2, 0) is 29.9 Å². The van der Waals surface area contributed by atoms with E-state index < -0.39 is 22.6 Å². The lowest BCUT2D eigenvalue weighted by Gasteiger charge is -2.61. The number of benzene rings is 2. The highest BCUT2D eigenvalue weighted by molar-refractivity contribution is 5.73. The minimum Gasteiger partial charge on any atom is -0.508 e. The summed E-state index contributed by atoms with van der Waals surface area (Å²) in [6.07, 6.45) is 9.95. The molecule has 4 fully saturated rings. The van der Waals surface area contributed by atoms with Gasteiger partial charge in [-0.1, -0.05) is 52.0 Å². The summed E-state index contributed by atoms with van der Waals surface area (Å²) in [6, 6.07) is 15.5. The molecule has 3 atom stereocenters. The second-order valence-electron chi connectivity index (χ2n) is 17.8. The maximum absolute atomic E-state index is 14.1. The Kier molecular flexibility index (Phi) is 10.1. The van der Waals surface area contributed by atoms with Crippen LogP contribution in [0.15, 0.2) is 48.5 Å². The van der Waals surface area contributed by atoms with E-state index in [1.54, 1.807) is 12.1 Å². The molecule has 0 amide bonds. The number of rotatable bonds is 13. The number of phenolic OH excluding ortho intramolecular Hbond substituents is 1. The van der Waals surface area contributed by atoms with Crippen molar-refractivity contribution < 1.29 is 28.9 Å². The van der Waals surface area contributed by atoms with E-state index in [1.807, 2.05) is 52.0 Å². The van der Waals surface area contributed by atoms with Gasteiger partial charge in [-0.2, -0.15) is 0 Å². The maximum atomic E-state index is 14.1. The van der Waals surface area contributed by atoms with Gasteiger partial charge in [-0.15, -0.1) is 0 Å². The molecule has 2 aromatic rings. The minimum atomic E-state index is -0.572. The fraction of sp³-hybridized carbons (Fsp3) is 0.667. The molecule has 0 radical (unpaired) electrons. The number of esters is 2. The highest BCUT2D eigenvalue weighted by Crippen LogP contribution is 2.64. The largest absolute Gasteiger partial charge is 0.508 e. The summed E-state index contributed by atoms with van der Waals surface area (Å²) in [4.78, 5) is 26.4. The van der Waals surface area contributed by atoms with Gasteiger partial charge >= 0.3 is 11.9 Å². The van der Waals surface area contributed by atoms with Gasteiger partial charge in [0.1, 0.15) is 22.7 Å². The molecule has 2 aromatic carbocycles. The predicted molar refractivity (Wildman–Crippen MR) is 190 cm³/mol. The first kappa shape index (κ1) is 36.3. The van der Waals surface area contributed by atoms with Crippen molar-refractivity contribution in [3.05, 3.63) is 59.7 Å². The summed E-state index contributed by atoms with van der Waals surface area (Å²) in [5, 5.41) is 10.0. The van der Waals surface area contributed by atoms with Crippen molar-refractivity contribution in [2.24, 2.45) is 29.1 Å². The first-order valence-corrected chi connectivity index (χ1v) is 18.3. The lowest BCUT2D eigenvalue weighted by molar-refractivity contribution is -0.202. The Bertz CT molecular complexity index is 1400. The van der Waals surface area contributed by atoms with Crippen molar-refractivity contribution in [3.8, 4) is 11.5 Å². The smallest absolute Gasteiger partial charge is 0.344 e. The summed E-state index contributed by atoms with van der Waals surface area (Å²) in [5.74, 6) is 2.38. The van der Waals surface area contributed by atoms with Crippen molar-refractivity contribution in [1.82, 2.24) is 0 Å². The molecule has 0 aliphatic heterocycles.